The Balaban J connectivity index is 1.91. The highest BCUT2D eigenvalue weighted by Crippen LogP contribution is 2.37. The molecule has 1 N–H and O–H groups in total. The van der Waals surface area contributed by atoms with Crippen molar-refractivity contribution in [2.24, 2.45) is 0 Å². The lowest BCUT2D eigenvalue weighted by molar-refractivity contribution is 0.219. The molecule has 1 fully saturated rings. The molecule has 0 spiro atoms. The highest BCUT2D eigenvalue weighted by atomic mass is 19.1. The van der Waals surface area contributed by atoms with E-state index in [0.717, 1.165) is 16.7 Å². The monoisotopic (exact) mass is 270 g/mol. The quantitative estimate of drug-likeness (QED) is 0.871. The van der Waals surface area contributed by atoms with E-state index in [9.17, 15) is 9.50 Å². The van der Waals surface area contributed by atoms with Crippen LogP contribution in [0.15, 0.2) is 42.5 Å². The van der Waals surface area contributed by atoms with Gasteiger partial charge in [-0.25, -0.2) is 4.39 Å². The van der Waals surface area contributed by atoms with Crippen LogP contribution in [-0.4, -0.2) is 5.11 Å². The molecule has 0 amide bonds. The molecule has 2 heteroatoms. The van der Waals surface area contributed by atoms with Crippen LogP contribution in [0.4, 0.5) is 4.39 Å². The van der Waals surface area contributed by atoms with Gasteiger partial charge in [-0.3, -0.25) is 0 Å². The first-order valence-electron chi connectivity index (χ1n) is 7.19. The zero-order chi connectivity index (χ0) is 14.1. The summed E-state index contributed by atoms with van der Waals surface area (Å²) in [5.74, 6) is 0.387. The van der Waals surface area contributed by atoms with Crippen LogP contribution in [0.1, 0.15) is 53.5 Å². The highest BCUT2D eigenvalue weighted by molar-refractivity contribution is 5.38. The van der Waals surface area contributed by atoms with Crippen LogP contribution in [-0.2, 0) is 0 Å². The topological polar surface area (TPSA) is 20.2 Å². The third-order valence-corrected chi connectivity index (χ3v) is 4.33. The van der Waals surface area contributed by atoms with Crippen molar-refractivity contribution in [3.63, 3.8) is 0 Å². The molecule has 1 nitrogen and oxygen atoms in total. The molecule has 0 heterocycles. The maximum atomic E-state index is 13.2. The number of aliphatic hydroxyl groups excluding tert-OH is 1. The van der Waals surface area contributed by atoms with E-state index < -0.39 is 6.10 Å². The van der Waals surface area contributed by atoms with Gasteiger partial charge in [-0.2, -0.15) is 0 Å². The first kappa shape index (κ1) is 13.3. The summed E-state index contributed by atoms with van der Waals surface area (Å²) in [6.45, 7) is 1.83. The fourth-order valence-corrected chi connectivity index (χ4v) is 2.85. The summed E-state index contributed by atoms with van der Waals surface area (Å²) in [6.07, 6.45) is 3.11. The molecule has 0 saturated heterocycles. The first-order valence-corrected chi connectivity index (χ1v) is 7.19. The van der Waals surface area contributed by atoms with Crippen molar-refractivity contribution < 1.29 is 9.50 Å². The van der Waals surface area contributed by atoms with E-state index >= 15 is 0 Å². The summed E-state index contributed by atoms with van der Waals surface area (Å²) in [5.41, 5.74) is 3.76. The molecule has 2 aromatic rings. The molecule has 0 bridgehead atoms. The number of hydrogen-bond donors (Lipinski definition) is 1. The van der Waals surface area contributed by atoms with Crippen molar-refractivity contribution in [2.45, 2.75) is 38.2 Å². The lowest BCUT2D eigenvalue weighted by Crippen LogP contribution is -2.10. The second-order valence-electron chi connectivity index (χ2n) is 5.70. The van der Waals surface area contributed by atoms with Gasteiger partial charge in [0.05, 0.1) is 0 Å². The molecule has 0 aromatic heterocycles. The van der Waals surface area contributed by atoms with Gasteiger partial charge in [0.1, 0.15) is 11.9 Å². The SMILES string of the molecule is Cc1cc(F)ccc1C(O)c1cccc(C2CCC2)c1. The van der Waals surface area contributed by atoms with E-state index in [4.69, 9.17) is 0 Å². The van der Waals surface area contributed by atoms with Gasteiger partial charge in [-0.15, -0.1) is 0 Å². The van der Waals surface area contributed by atoms with Crippen LogP contribution in [0.2, 0.25) is 0 Å². The molecule has 0 radical (unpaired) electrons. The van der Waals surface area contributed by atoms with Gasteiger partial charge in [0.15, 0.2) is 0 Å². The summed E-state index contributed by atoms with van der Waals surface area (Å²) in [5, 5.41) is 10.5. The van der Waals surface area contributed by atoms with E-state index in [1.807, 2.05) is 19.1 Å². The van der Waals surface area contributed by atoms with Crippen LogP contribution in [0.25, 0.3) is 0 Å². The van der Waals surface area contributed by atoms with Crippen LogP contribution in [0.5, 0.6) is 0 Å². The Morgan fingerprint density at radius 3 is 2.60 bits per heavy atom. The minimum atomic E-state index is -0.685. The van der Waals surface area contributed by atoms with Gasteiger partial charge in [0.2, 0.25) is 0 Å². The van der Waals surface area contributed by atoms with E-state index in [1.54, 1.807) is 6.07 Å². The molecule has 20 heavy (non-hydrogen) atoms. The van der Waals surface area contributed by atoms with Crippen LogP contribution < -0.4 is 0 Å². The predicted molar refractivity (Wildman–Crippen MR) is 78.2 cm³/mol. The molecule has 0 aliphatic heterocycles. The molecule has 1 unspecified atom stereocenters. The second kappa shape index (κ2) is 5.37. The molecular weight excluding hydrogens is 251 g/mol. The zero-order valence-corrected chi connectivity index (χ0v) is 11.6. The molecule has 104 valence electrons. The predicted octanol–water partition coefficient (Wildman–Crippen LogP) is 4.48. The molecule has 1 atom stereocenters. The minimum Gasteiger partial charge on any atom is -0.384 e. The summed E-state index contributed by atoms with van der Waals surface area (Å²) in [6, 6.07) is 12.7. The molecule has 1 aliphatic rings. The minimum absolute atomic E-state index is 0.262. The fourth-order valence-electron chi connectivity index (χ4n) is 2.85. The number of halogens is 1. The Morgan fingerprint density at radius 2 is 1.95 bits per heavy atom. The third kappa shape index (κ3) is 2.48. The lowest BCUT2D eigenvalue weighted by Gasteiger charge is -2.26. The van der Waals surface area contributed by atoms with Crippen molar-refractivity contribution in [2.75, 3.05) is 0 Å². The van der Waals surface area contributed by atoms with Gasteiger partial charge in [0, 0.05) is 0 Å². The fraction of sp³-hybridized carbons (Fsp3) is 0.333. The van der Waals surface area contributed by atoms with Crippen LogP contribution in [0.3, 0.4) is 0 Å². The highest BCUT2D eigenvalue weighted by Gasteiger charge is 2.21. The maximum absolute atomic E-state index is 13.2. The van der Waals surface area contributed by atoms with E-state index in [0.29, 0.717) is 5.92 Å². The molecular formula is C18H19FO. The largest absolute Gasteiger partial charge is 0.384 e. The summed E-state index contributed by atoms with van der Waals surface area (Å²) >= 11 is 0. The van der Waals surface area contributed by atoms with Crippen molar-refractivity contribution in [1.82, 2.24) is 0 Å². The maximum Gasteiger partial charge on any atom is 0.123 e. The van der Waals surface area contributed by atoms with Crippen LogP contribution in [0, 0.1) is 12.7 Å². The van der Waals surface area contributed by atoms with Gasteiger partial charge in [-0.05, 0) is 60.1 Å². The number of aliphatic hydroxyl groups is 1. The molecule has 2 aromatic carbocycles. The van der Waals surface area contributed by atoms with Crippen molar-refractivity contribution in [1.29, 1.82) is 0 Å². The Labute approximate surface area is 119 Å². The zero-order valence-electron chi connectivity index (χ0n) is 11.6. The van der Waals surface area contributed by atoms with Crippen molar-refractivity contribution in [3.05, 3.63) is 70.5 Å². The first-order chi connectivity index (χ1) is 9.65. The van der Waals surface area contributed by atoms with Crippen molar-refractivity contribution >= 4 is 0 Å². The van der Waals surface area contributed by atoms with Gasteiger partial charge in [-0.1, -0.05) is 36.8 Å². The Morgan fingerprint density at radius 1 is 1.15 bits per heavy atom. The summed E-state index contributed by atoms with van der Waals surface area (Å²) < 4.78 is 13.2. The molecule has 1 saturated carbocycles. The summed E-state index contributed by atoms with van der Waals surface area (Å²) in [7, 11) is 0. The molecule has 3 rings (SSSR count). The molecule has 1 aliphatic carbocycles. The van der Waals surface area contributed by atoms with Crippen molar-refractivity contribution in [3.8, 4) is 0 Å². The van der Waals surface area contributed by atoms with E-state index in [2.05, 4.69) is 12.1 Å². The smallest absolute Gasteiger partial charge is 0.123 e. The van der Waals surface area contributed by atoms with Gasteiger partial charge >= 0.3 is 0 Å². The average Bonchev–Trinajstić information content (AvgIpc) is 2.36. The van der Waals surface area contributed by atoms with E-state index in [1.165, 1.54) is 37.0 Å². The Bertz CT molecular complexity index is 617. The third-order valence-electron chi connectivity index (χ3n) is 4.33. The normalized spacial score (nSPS) is 16.8. The summed E-state index contributed by atoms with van der Waals surface area (Å²) in [4.78, 5) is 0. The number of hydrogen-bond acceptors (Lipinski definition) is 1. The Hall–Kier alpha value is -1.67. The number of rotatable bonds is 3. The van der Waals surface area contributed by atoms with Crippen LogP contribution >= 0.6 is 0 Å². The average molecular weight is 270 g/mol. The lowest BCUT2D eigenvalue weighted by atomic mass is 9.79. The van der Waals surface area contributed by atoms with Gasteiger partial charge < -0.3 is 5.11 Å². The van der Waals surface area contributed by atoms with E-state index in [-0.39, 0.29) is 5.82 Å². The standard InChI is InChI=1S/C18H19FO/c1-12-10-16(19)8-9-17(12)18(20)15-7-3-6-14(11-15)13-4-2-5-13/h3,6-11,13,18,20H,2,4-5H2,1H3. The second-order valence-corrected chi connectivity index (χ2v) is 5.70. The van der Waals surface area contributed by atoms with Gasteiger partial charge in [0.25, 0.3) is 0 Å². The number of benzene rings is 2. The Kier molecular flexibility index (Phi) is 3.58. The number of aryl methyl sites for hydroxylation is 1.